The molecule has 16 heavy (non-hydrogen) atoms. The summed E-state index contributed by atoms with van der Waals surface area (Å²) in [5, 5.41) is 11.0. The number of aryl methyl sites for hydroxylation is 2. The van der Waals surface area contributed by atoms with Gasteiger partial charge in [0.25, 0.3) is 0 Å². The number of rotatable bonds is 3. The van der Waals surface area contributed by atoms with E-state index in [0.29, 0.717) is 6.42 Å². The molecule has 0 unspecified atom stereocenters. The van der Waals surface area contributed by atoms with Crippen molar-refractivity contribution in [2.75, 3.05) is 0 Å². The number of benzene rings is 2. The molecule has 0 aliphatic rings. The van der Waals surface area contributed by atoms with Crippen LogP contribution in [-0.2, 0) is 11.2 Å². The molecule has 0 radical (unpaired) electrons. The maximum Gasteiger partial charge on any atom is 0.303 e. The Bertz CT molecular complexity index is 529. The van der Waals surface area contributed by atoms with Crippen LogP contribution in [0.25, 0.3) is 10.8 Å². The van der Waals surface area contributed by atoms with Gasteiger partial charge in [0.2, 0.25) is 0 Å². The second kappa shape index (κ2) is 4.35. The molecule has 2 rings (SSSR count). The predicted molar refractivity (Wildman–Crippen MR) is 64.6 cm³/mol. The SMILES string of the molecule is Cc1ccc2cccc(CCC(=O)O)c2c1. The molecule has 1 N–H and O–H groups in total. The van der Waals surface area contributed by atoms with Crippen LogP contribution < -0.4 is 0 Å². The van der Waals surface area contributed by atoms with Gasteiger partial charge in [-0.3, -0.25) is 4.79 Å². The summed E-state index contributed by atoms with van der Waals surface area (Å²) in [5.74, 6) is -0.746. The second-order valence-electron chi connectivity index (χ2n) is 4.04. The van der Waals surface area contributed by atoms with Gasteiger partial charge >= 0.3 is 5.97 Å². The summed E-state index contributed by atoms with van der Waals surface area (Å²) in [5.41, 5.74) is 2.32. The fourth-order valence-corrected chi connectivity index (χ4v) is 1.91. The van der Waals surface area contributed by atoms with Gasteiger partial charge in [0.15, 0.2) is 0 Å². The summed E-state index contributed by atoms with van der Waals surface area (Å²) < 4.78 is 0. The molecule has 0 bridgehead atoms. The Morgan fingerprint density at radius 1 is 1.25 bits per heavy atom. The van der Waals surface area contributed by atoms with E-state index >= 15 is 0 Å². The number of carboxylic acids is 1. The molecule has 0 atom stereocenters. The van der Waals surface area contributed by atoms with Crippen molar-refractivity contribution in [3.63, 3.8) is 0 Å². The number of hydrogen-bond donors (Lipinski definition) is 1. The van der Waals surface area contributed by atoms with Gasteiger partial charge in [0.1, 0.15) is 0 Å². The average Bonchev–Trinajstić information content (AvgIpc) is 2.26. The van der Waals surface area contributed by atoms with Crippen LogP contribution in [0.1, 0.15) is 17.5 Å². The Balaban J connectivity index is 2.43. The van der Waals surface area contributed by atoms with Gasteiger partial charge in [0.05, 0.1) is 0 Å². The molecule has 0 fully saturated rings. The molecule has 2 aromatic carbocycles. The Morgan fingerprint density at radius 2 is 2.06 bits per heavy atom. The van der Waals surface area contributed by atoms with Gasteiger partial charge in [-0.15, -0.1) is 0 Å². The van der Waals surface area contributed by atoms with Crippen LogP contribution in [0.3, 0.4) is 0 Å². The zero-order valence-electron chi connectivity index (χ0n) is 9.23. The summed E-state index contributed by atoms with van der Waals surface area (Å²) in [4.78, 5) is 10.6. The van der Waals surface area contributed by atoms with Gasteiger partial charge in [-0.25, -0.2) is 0 Å². The van der Waals surface area contributed by atoms with Crippen molar-refractivity contribution in [1.29, 1.82) is 0 Å². The largest absolute Gasteiger partial charge is 0.481 e. The molecule has 0 aliphatic heterocycles. The van der Waals surface area contributed by atoms with Crippen molar-refractivity contribution in [1.82, 2.24) is 0 Å². The first-order valence-corrected chi connectivity index (χ1v) is 5.37. The molecule has 0 aliphatic carbocycles. The normalized spacial score (nSPS) is 10.6. The molecule has 0 amide bonds. The van der Waals surface area contributed by atoms with Crippen molar-refractivity contribution in [3.05, 3.63) is 47.5 Å². The van der Waals surface area contributed by atoms with Crippen molar-refractivity contribution >= 4 is 16.7 Å². The summed E-state index contributed by atoms with van der Waals surface area (Å²) >= 11 is 0. The fourth-order valence-electron chi connectivity index (χ4n) is 1.91. The Morgan fingerprint density at radius 3 is 2.81 bits per heavy atom. The highest BCUT2D eigenvalue weighted by Gasteiger charge is 2.03. The molecular weight excluding hydrogens is 200 g/mol. The summed E-state index contributed by atoms with van der Waals surface area (Å²) in [6, 6.07) is 12.3. The zero-order valence-corrected chi connectivity index (χ0v) is 9.23. The van der Waals surface area contributed by atoms with Crippen LogP contribution in [0.2, 0.25) is 0 Å². The first-order valence-electron chi connectivity index (χ1n) is 5.37. The van der Waals surface area contributed by atoms with Gasteiger partial charge in [-0.2, -0.15) is 0 Å². The standard InChI is InChI=1S/C14H14O2/c1-10-5-6-11-3-2-4-12(13(11)9-10)7-8-14(15)16/h2-6,9H,7-8H2,1H3,(H,15,16). The molecule has 82 valence electrons. The maximum absolute atomic E-state index is 10.6. The number of hydrogen-bond acceptors (Lipinski definition) is 1. The maximum atomic E-state index is 10.6. The highest BCUT2D eigenvalue weighted by Crippen LogP contribution is 2.21. The summed E-state index contributed by atoms with van der Waals surface area (Å²) in [7, 11) is 0. The quantitative estimate of drug-likeness (QED) is 0.852. The minimum Gasteiger partial charge on any atom is -0.481 e. The van der Waals surface area contributed by atoms with E-state index in [2.05, 4.69) is 24.3 Å². The van der Waals surface area contributed by atoms with Gasteiger partial charge in [-0.05, 0) is 29.7 Å². The smallest absolute Gasteiger partial charge is 0.303 e. The van der Waals surface area contributed by atoms with E-state index in [1.807, 2.05) is 19.1 Å². The van der Waals surface area contributed by atoms with Gasteiger partial charge in [-0.1, -0.05) is 42.0 Å². The van der Waals surface area contributed by atoms with E-state index in [4.69, 9.17) is 5.11 Å². The van der Waals surface area contributed by atoms with E-state index in [9.17, 15) is 4.79 Å². The van der Waals surface area contributed by atoms with Crippen LogP contribution >= 0.6 is 0 Å². The van der Waals surface area contributed by atoms with Crippen molar-refractivity contribution < 1.29 is 9.90 Å². The molecule has 0 spiro atoms. The molecular formula is C14H14O2. The Hall–Kier alpha value is -1.83. The molecule has 0 heterocycles. The molecule has 0 saturated heterocycles. The van der Waals surface area contributed by atoms with E-state index in [1.54, 1.807) is 0 Å². The fraction of sp³-hybridized carbons (Fsp3) is 0.214. The second-order valence-corrected chi connectivity index (χ2v) is 4.04. The minimum atomic E-state index is -0.746. The van der Waals surface area contributed by atoms with E-state index in [-0.39, 0.29) is 6.42 Å². The van der Waals surface area contributed by atoms with E-state index < -0.39 is 5.97 Å². The van der Waals surface area contributed by atoms with Crippen LogP contribution in [0, 0.1) is 6.92 Å². The average molecular weight is 214 g/mol. The highest BCUT2D eigenvalue weighted by molar-refractivity contribution is 5.86. The third-order valence-corrected chi connectivity index (χ3v) is 2.74. The summed E-state index contributed by atoms with van der Waals surface area (Å²) in [6.07, 6.45) is 0.781. The lowest BCUT2D eigenvalue weighted by atomic mass is 9.99. The molecule has 2 nitrogen and oxygen atoms in total. The van der Waals surface area contributed by atoms with Gasteiger partial charge < -0.3 is 5.11 Å². The first-order chi connectivity index (χ1) is 7.66. The number of carboxylic acid groups (broad SMARTS) is 1. The van der Waals surface area contributed by atoms with E-state index in [1.165, 1.54) is 16.3 Å². The van der Waals surface area contributed by atoms with Crippen LogP contribution in [-0.4, -0.2) is 11.1 Å². The zero-order chi connectivity index (χ0) is 11.5. The lowest BCUT2D eigenvalue weighted by Crippen LogP contribution is -1.98. The topological polar surface area (TPSA) is 37.3 Å². The molecule has 0 aromatic heterocycles. The van der Waals surface area contributed by atoms with Crippen molar-refractivity contribution in [3.8, 4) is 0 Å². The number of fused-ring (bicyclic) bond motifs is 1. The highest BCUT2D eigenvalue weighted by atomic mass is 16.4. The van der Waals surface area contributed by atoms with Crippen LogP contribution in [0.15, 0.2) is 36.4 Å². The predicted octanol–water partition coefficient (Wildman–Crippen LogP) is 3.17. The van der Waals surface area contributed by atoms with E-state index in [0.717, 1.165) is 5.56 Å². The monoisotopic (exact) mass is 214 g/mol. The van der Waals surface area contributed by atoms with Crippen molar-refractivity contribution in [2.24, 2.45) is 0 Å². The molecule has 2 aromatic rings. The minimum absolute atomic E-state index is 0.188. The first kappa shape index (κ1) is 10.7. The summed E-state index contributed by atoms with van der Waals surface area (Å²) in [6.45, 7) is 2.05. The van der Waals surface area contributed by atoms with Crippen LogP contribution in [0.4, 0.5) is 0 Å². The Labute approximate surface area is 94.5 Å². The third kappa shape index (κ3) is 2.22. The third-order valence-electron chi connectivity index (χ3n) is 2.74. The van der Waals surface area contributed by atoms with Crippen molar-refractivity contribution in [2.45, 2.75) is 19.8 Å². The lowest BCUT2D eigenvalue weighted by Gasteiger charge is -2.06. The van der Waals surface area contributed by atoms with Crippen LogP contribution in [0.5, 0.6) is 0 Å². The number of aliphatic carboxylic acids is 1. The Kier molecular flexibility index (Phi) is 2.91. The van der Waals surface area contributed by atoms with Gasteiger partial charge in [0, 0.05) is 6.42 Å². The molecule has 2 heteroatoms. The molecule has 0 saturated carbocycles. The number of carbonyl (C=O) groups is 1. The lowest BCUT2D eigenvalue weighted by molar-refractivity contribution is -0.136.